The highest BCUT2D eigenvalue weighted by atomic mass is 35.5. The molecule has 0 saturated carbocycles. The fourth-order valence-electron chi connectivity index (χ4n) is 1.72. The SMILES string of the molecule is CCOC(=O)N1CCN(CCOCCCl)CC1. The van der Waals surface area contributed by atoms with Gasteiger partial charge >= 0.3 is 6.09 Å². The molecule has 1 heterocycles. The number of alkyl halides is 1. The van der Waals surface area contributed by atoms with Crippen LogP contribution in [0.15, 0.2) is 0 Å². The van der Waals surface area contributed by atoms with Gasteiger partial charge < -0.3 is 14.4 Å². The molecule has 0 bridgehead atoms. The van der Waals surface area contributed by atoms with Crippen LogP contribution < -0.4 is 0 Å². The number of rotatable bonds is 6. The standard InChI is InChI=1S/C11H21ClN2O3/c1-2-17-11(15)14-6-4-13(5-7-14)8-10-16-9-3-12/h2-10H2,1H3. The first-order chi connectivity index (χ1) is 8.27. The summed E-state index contributed by atoms with van der Waals surface area (Å²) in [5.74, 6) is 0.538. The number of carbonyl (C=O) groups excluding carboxylic acids is 1. The number of piperazine rings is 1. The van der Waals surface area contributed by atoms with Crippen LogP contribution in [-0.4, -0.2) is 74.3 Å². The van der Waals surface area contributed by atoms with Crippen LogP contribution in [-0.2, 0) is 9.47 Å². The van der Waals surface area contributed by atoms with Gasteiger partial charge in [0.25, 0.3) is 0 Å². The van der Waals surface area contributed by atoms with Crippen LogP contribution in [0.1, 0.15) is 6.92 Å². The molecule has 1 aliphatic rings. The van der Waals surface area contributed by atoms with Gasteiger partial charge in [0.15, 0.2) is 0 Å². The van der Waals surface area contributed by atoms with Gasteiger partial charge in [-0.3, -0.25) is 4.90 Å². The maximum absolute atomic E-state index is 11.4. The van der Waals surface area contributed by atoms with Crippen LogP contribution in [0.4, 0.5) is 4.79 Å². The van der Waals surface area contributed by atoms with Crippen LogP contribution >= 0.6 is 11.6 Å². The number of amides is 1. The second-order valence-corrected chi connectivity index (χ2v) is 4.21. The van der Waals surface area contributed by atoms with E-state index >= 15 is 0 Å². The van der Waals surface area contributed by atoms with Crippen LogP contribution in [0.2, 0.25) is 0 Å². The van der Waals surface area contributed by atoms with E-state index in [2.05, 4.69) is 4.90 Å². The Labute approximate surface area is 108 Å². The number of nitrogens with zero attached hydrogens (tertiary/aromatic N) is 2. The van der Waals surface area contributed by atoms with Gasteiger partial charge in [-0.25, -0.2) is 4.79 Å². The lowest BCUT2D eigenvalue weighted by molar-refractivity contribution is 0.0640. The molecule has 0 aromatic rings. The molecule has 1 rings (SSSR count). The Balaban J connectivity index is 2.11. The molecule has 5 nitrogen and oxygen atoms in total. The highest BCUT2D eigenvalue weighted by molar-refractivity contribution is 6.17. The van der Waals surface area contributed by atoms with Gasteiger partial charge in [-0.05, 0) is 6.92 Å². The van der Waals surface area contributed by atoms with Crippen molar-refractivity contribution in [3.8, 4) is 0 Å². The molecule has 1 saturated heterocycles. The van der Waals surface area contributed by atoms with E-state index in [9.17, 15) is 4.79 Å². The molecule has 6 heteroatoms. The Morgan fingerprint density at radius 2 is 1.94 bits per heavy atom. The zero-order valence-corrected chi connectivity index (χ0v) is 11.1. The van der Waals surface area contributed by atoms with Crippen molar-refractivity contribution < 1.29 is 14.3 Å². The molecule has 100 valence electrons. The Bertz CT molecular complexity index is 221. The average Bonchev–Trinajstić information content (AvgIpc) is 2.36. The zero-order valence-electron chi connectivity index (χ0n) is 10.4. The molecule has 0 aliphatic carbocycles. The summed E-state index contributed by atoms with van der Waals surface area (Å²) in [6.07, 6.45) is -0.203. The van der Waals surface area contributed by atoms with E-state index in [0.29, 0.717) is 25.7 Å². The zero-order chi connectivity index (χ0) is 12.5. The van der Waals surface area contributed by atoms with Crippen molar-refractivity contribution in [2.24, 2.45) is 0 Å². The van der Waals surface area contributed by atoms with E-state index < -0.39 is 0 Å². The Morgan fingerprint density at radius 3 is 2.53 bits per heavy atom. The molecule has 0 unspecified atom stereocenters. The minimum Gasteiger partial charge on any atom is -0.450 e. The monoisotopic (exact) mass is 264 g/mol. The summed E-state index contributed by atoms with van der Waals surface area (Å²) in [6, 6.07) is 0. The number of hydrogen-bond donors (Lipinski definition) is 0. The van der Waals surface area contributed by atoms with E-state index in [1.54, 1.807) is 4.90 Å². The Kier molecular flexibility index (Phi) is 7.32. The quantitative estimate of drug-likeness (QED) is 0.531. The first-order valence-electron chi connectivity index (χ1n) is 6.05. The van der Waals surface area contributed by atoms with Gasteiger partial charge in [0.05, 0.1) is 19.8 Å². The molecule has 17 heavy (non-hydrogen) atoms. The summed E-state index contributed by atoms with van der Waals surface area (Å²) in [4.78, 5) is 15.5. The third-order valence-corrected chi connectivity index (χ3v) is 2.83. The molecular weight excluding hydrogens is 244 g/mol. The van der Waals surface area contributed by atoms with Crippen molar-refractivity contribution in [1.82, 2.24) is 9.80 Å². The number of halogens is 1. The van der Waals surface area contributed by atoms with Crippen molar-refractivity contribution in [2.45, 2.75) is 6.92 Å². The Hall–Kier alpha value is -0.520. The molecule has 0 aromatic carbocycles. The molecule has 1 fully saturated rings. The van der Waals surface area contributed by atoms with Gasteiger partial charge in [0.1, 0.15) is 0 Å². The maximum atomic E-state index is 11.4. The molecule has 0 spiro atoms. The van der Waals surface area contributed by atoms with Gasteiger partial charge in [-0.2, -0.15) is 0 Å². The second kappa shape index (κ2) is 8.55. The number of carbonyl (C=O) groups is 1. The average molecular weight is 265 g/mol. The maximum Gasteiger partial charge on any atom is 0.409 e. The van der Waals surface area contributed by atoms with Crippen LogP contribution in [0, 0.1) is 0 Å². The van der Waals surface area contributed by atoms with Crippen molar-refractivity contribution in [3.05, 3.63) is 0 Å². The van der Waals surface area contributed by atoms with E-state index in [1.807, 2.05) is 6.92 Å². The molecule has 0 atom stereocenters. The third-order valence-electron chi connectivity index (χ3n) is 2.67. The molecule has 1 aliphatic heterocycles. The highest BCUT2D eigenvalue weighted by Crippen LogP contribution is 2.03. The first-order valence-corrected chi connectivity index (χ1v) is 6.59. The van der Waals surface area contributed by atoms with Crippen molar-refractivity contribution in [1.29, 1.82) is 0 Å². The number of ether oxygens (including phenoxy) is 2. The molecule has 1 amide bonds. The fourth-order valence-corrected chi connectivity index (χ4v) is 1.83. The third kappa shape index (κ3) is 5.57. The van der Waals surface area contributed by atoms with Crippen LogP contribution in [0.25, 0.3) is 0 Å². The summed E-state index contributed by atoms with van der Waals surface area (Å²) >= 11 is 5.51. The topological polar surface area (TPSA) is 42.0 Å². The second-order valence-electron chi connectivity index (χ2n) is 3.83. The summed E-state index contributed by atoms with van der Waals surface area (Å²) < 4.78 is 10.3. The fraction of sp³-hybridized carbons (Fsp3) is 0.909. The highest BCUT2D eigenvalue weighted by Gasteiger charge is 2.21. The molecule has 0 radical (unpaired) electrons. The van der Waals surface area contributed by atoms with Gasteiger partial charge in [-0.1, -0.05) is 0 Å². The molecular formula is C11H21ClN2O3. The van der Waals surface area contributed by atoms with Gasteiger partial charge in [0.2, 0.25) is 0 Å². The summed E-state index contributed by atoms with van der Waals surface area (Å²) in [5.41, 5.74) is 0. The number of hydrogen-bond acceptors (Lipinski definition) is 4. The molecule has 0 N–H and O–H groups in total. The van der Waals surface area contributed by atoms with Crippen LogP contribution in [0.3, 0.4) is 0 Å². The predicted octanol–water partition coefficient (Wildman–Crippen LogP) is 1.02. The van der Waals surface area contributed by atoms with Crippen molar-refractivity contribution in [2.75, 3.05) is 58.4 Å². The van der Waals surface area contributed by atoms with E-state index in [-0.39, 0.29) is 6.09 Å². The lowest BCUT2D eigenvalue weighted by Gasteiger charge is -2.33. The van der Waals surface area contributed by atoms with E-state index in [0.717, 1.165) is 32.7 Å². The lowest BCUT2D eigenvalue weighted by atomic mass is 10.3. The lowest BCUT2D eigenvalue weighted by Crippen LogP contribution is -2.49. The summed E-state index contributed by atoms with van der Waals surface area (Å²) in [6.45, 7) is 7.67. The van der Waals surface area contributed by atoms with E-state index in [4.69, 9.17) is 21.1 Å². The van der Waals surface area contributed by atoms with Crippen molar-refractivity contribution >= 4 is 17.7 Å². The van der Waals surface area contributed by atoms with Crippen LogP contribution in [0.5, 0.6) is 0 Å². The van der Waals surface area contributed by atoms with Crippen molar-refractivity contribution in [3.63, 3.8) is 0 Å². The van der Waals surface area contributed by atoms with Gasteiger partial charge in [0, 0.05) is 38.6 Å². The first kappa shape index (κ1) is 14.5. The minimum absolute atomic E-state index is 0.203. The summed E-state index contributed by atoms with van der Waals surface area (Å²) in [7, 11) is 0. The Morgan fingerprint density at radius 1 is 1.24 bits per heavy atom. The smallest absolute Gasteiger partial charge is 0.409 e. The van der Waals surface area contributed by atoms with Gasteiger partial charge in [-0.15, -0.1) is 11.6 Å². The predicted molar refractivity (Wildman–Crippen MR) is 66.6 cm³/mol. The molecule has 0 aromatic heterocycles. The minimum atomic E-state index is -0.203. The summed E-state index contributed by atoms with van der Waals surface area (Å²) in [5, 5.41) is 0. The normalized spacial score (nSPS) is 17.2. The largest absolute Gasteiger partial charge is 0.450 e. The van der Waals surface area contributed by atoms with E-state index in [1.165, 1.54) is 0 Å².